The highest BCUT2D eigenvalue weighted by Gasteiger charge is 2.24. The number of nitrogens with zero attached hydrogens (tertiary/aromatic N) is 2. The number of carbonyl (C=O) groups is 1. The lowest BCUT2D eigenvalue weighted by atomic mass is 10.3. The van der Waals surface area contributed by atoms with Gasteiger partial charge in [0.2, 0.25) is 15.9 Å². The van der Waals surface area contributed by atoms with Gasteiger partial charge < -0.3 is 14.6 Å². The Morgan fingerprint density at radius 2 is 2.12 bits per heavy atom. The van der Waals surface area contributed by atoms with Crippen molar-refractivity contribution in [1.82, 2.24) is 5.16 Å². The van der Waals surface area contributed by atoms with E-state index in [1.807, 2.05) is 0 Å². The van der Waals surface area contributed by atoms with Crippen molar-refractivity contribution < 1.29 is 22.5 Å². The Hall–Kier alpha value is -2.26. The molecule has 0 saturated heterocycles. The number of hydrogen-bond donors (Lipinski definition) is 1. The van der Waals surface area contributed by atoms with Crippen molar-refractivity contribution in [3.63, 3.8) is 0 Å². The first-order valence-corrected chi connectivity index (χ1v) is 8.97. The van der Waals surface area contributed by atoms with Crippen molar-refractivity contribution in [2.24, 2.45) is 0 Å². The van der Waals surface area contributed by atoms with E-state index in [1.165, 1.54) is 19.2 Å². The van der Waals surface area contributed by atoms with Crippen molar-refractivity contribution >= 4 is 39.0 Å². The number of ether oxygens (including phenoxy) is 1. The van der Waals surface area contributed by atoms with Gasteiger partial charge in [0.25, 0.3) is 0 Å². The minimum Gasteiger partial charge on any atom is -0.495 e. The number of methoxy groups -OCH3 is 1. The highest BCUT2D eigenvalue weighted by molar-refractivity contribution is 7.92. The maximum atomic E-state index is 12.3. The predicted octanol–water partition coefficient (Wildman–Crippen LogP) is 2.05. The smallest absolute Gasteiger partial charge is 0.245 e. The van der Waals surface area contributed by atoms with E-state index in [1.54, 1.807) is 19.1 Å². The van der Waals surface area contributed by atoms with Crippen LogP contribution in [-0.4, -0.2) is 39.4 Å². The lowest BCUT2D eigenvalue weighted by molar-refractivity contribution is -0.114. The summed E-state index contributed by atoms with van der Waals surface area (Å²) in [6.45, 7) is 1.15. The molecule has 10 heteroatoms. The summed E-state index contributed by atoms with van der Waals surface area (Å²) in [6.07, 6.45) is 0.976. The molecule has 1 aromatic carbocycles. The zero-order chi connectivity index (χ0) is 17.9. The highest BCUT2D eigenvalue weighted by atomic mass is 35.5. The van der Waals surface area contributed by atoms with E-state index in [0.29, 0.717) is 22.2 Å². The van der Waals surface area contributed by atoms with Crippen molar-refractivity contribution in [3.8, 4) is 5.75 Å². The Morgan fingerprint density at radius 3 is 2.67 bits per heavy atom. The van der Waals surface area contributed by atoms with Gasteiger partial charge in [-0.05, 0) is 25.1 Å². The number of hydrogen-bond acceptors (Lipinski definition) is 6. The number of nitrogens with one attached hydrogen (secondary N) is 1. The molecule has 0 aliphatic heterocycles. The van der Waals surface area contributed by atoms with Crippen LogP contribution >= 0.6 is 11.6 Å². The molecule has 2 aromatic rings. The molecule has 130 valence electrons. The number of sulfonamides is 1. The van der Waals surface area contributed by atoms with Gasteiger partial charge in [0.05, 0.1) is 19.1 Å². The van der Waals surface area contributed by atoms with E-state index in [-0.39, 0.29) is 5.82 Å². The van der Waals surface area contributed by atoms with Crippen molar-refractivity contribution in [1.29, 1.82) is 0 Å². The topological polar surface area (TPSA) is 102 Å². The van der Waals surface area contributed by atoms with E-state index >= 15 is 0 Å². The molecule has 0 fully saturated rings. The molecular formula is C14H16ClN3O5S. The molecular weight excluding hydrogens is 358 g/mol. The first-order chi connectivity index (χ1) is 11.2. The maximum Gasteiger partial charge on any atom is 0.245 e. The van der Waals surface area contributed by atoms with Gasteiger partial charge in [-0.15, -0.1) is 0 Å². The maximum absolute atomic E-state index is 12.3. The molecule has 0 unspecified atom stereocenters. The second-order valence-corrected chi connectivity index (χ2v) is 7.30. The number of rotatable bonds is 6. The number of benzene rings is 1. The SMILES string of the molecule is COc1ccc(Cl)cc1NC(=O)CN(c1cc(C)on1)S(C)(=O)=O. The summed E-state index contributed by atoms with van der Waals surface area (Å²) in [4.78, 5) is 12.3. The van der Waals surface area contributed by atoms with Crippen LogP contribution in [0.4, 0.5) is 11.5 Å². The minimum atomic E-state index is -3.72. The van der Waals surface area contributed by atoms with Crippen molar-refractivity contribution in [2.45, 2.75) is 6.92 Å². The number of aromatic nitrogens is 1. The fourth-order valence-corrected chi connectivity index (χ4v) is 2.89. The summed E-state index contributed by atoms with van der Waals surface area (Å²) >= 11 is 5.90. The van der Waals surface area contributed by atoms with Gasteiger partial charge in [0.15, 0.2) is 5.82 Å². The molecule has 24 heavy (non-hydrogen) atoms. The van der Waals surface area contributed by atoms with Crippen LogP contribution in [0.2, 0.25) is 5.02 Å². The predicted molar refractivity (Wildman–Crippen MR) is 90.1 cm³/mol. The van der Waals surface area contributed by atoms with E-state index < -0.39 is 22.5 Å². The van der Waals surface area contributed by atoms with Crippen LogP contribution in [0.25, 0.3) is 0 Å². The van der Waals surface area contributed by atoms with Gasteiger partial charge >= 0.3 is 0 Å². The molecule has 1 aromatic heterocycles. The van der Waals surface area contributed by atoms with E-state index in [2.05, 4.69) is 10.5 Å². The largest absolute Gasteiger partial charge is 0.495 e. The lowest BCUT2D eigenvalue weighted by Crippen LogP contribution is -2.37. The fourth-order valence-electron chi connectivity index (χ4n) is 1.94. The standard InChI is InChI=1S/C14H16ClN3O5S/c1-9-6-13(17-23-9)18(24(3,20)21)8-14(19)16-11-7-10(15)4-5-12(11)22-2/h4-7H,8H2,1-3H3,(H,16,19). The van der Waals surface area contributed by atoms with Gasteiger partial charge in [-0.3, -0.25) is 4.79 Å². The summed E-state index contributed by atoms with van der Waals surface area (Å²) in [5.41, 5.74) is 0.333. The summed E-state index contributed by atoms with van der Waals surface area (Å²) in [5, 5.41) is 6.61. The third-order valence-electron chi connectivity index (χ3n) is 2.99. The third kappa shape index (κ3) is 4.39. The fraction of sp³-hybridized carbons (Fsp3) is 0.286. The molecule has 1 N–H and O–H groups in total. The van der Waals surface area contributed by atoms with Gasteiger partial charge in [0.1, 0.15) is 18.1 Å². The zero-order valence-electron chi connectivity index (χ0n) is 13.2. The first kappa shape index (κ1) is 18.1. The number of anilines is 2. The Morgan fingerprint density at radius 1 is 1.42 bits per heavy atom. The van der Waals surface area contributed by atoms with Crippen LogP contribution in [0.1, 0.15) is 5.76 Å². The molecule has 0 aliphatic carbocycles. The van der Waals surface area contributed by atoms with E-state index in [9.17, 15) is 13.2 Å². The molecule has 0 bridgehead atoms. The lowest BCUT2D eigenvalue weighted by Gasteiger charge is -2.19. The van der Waals surface area contributed by atoms with Crippen LogP contribution in [-0.2, 0) is 14.8 Å². The molecule has 0 saturated carbocycles. The van der Waals surface area contributed by atoms with Crippen LogP contribution in [0.5, 0.6) is 5.75 Å². The van der Waals surface area contributed by atoms with Crippen LogP contribution in [0, 0.1) is 6.92 Å². The van der Waals surface area contributed by atoms with Crippen LogP contribution in [0.3, 0.4) is 0 Å². The summed E-state index contributed by atoms with van der Waals surface area (Å²) in [7, 11) is -2.28. The summed E-state index contributed by atoms with van der Waals surface area (Å²) in [6, 6.07) is 6.13. The quantitative estimate of drug-likeness (QED) is 0.831. The molecule has 2 rings (SSSR count). The van der Waals surface area contributed by atoms with E-state index in [0.717, 1.165) is 10.6 Å². The highest BCUT2D eigenvalue weighted by Crippen LogP contribution is 2.27. The molecule has 0 spiro atoms. The van der Waals surface area contributed by atoms with Crippen molar-refractivity contribution in [3.05, 3.63) is 35.0 Å². The zero-order valence-corrected chi connectivity index (χ0v) is 14.8. The average Bonchev–Trinajstić information content (AvgIpc) is 2.90. The first-order valence-electron chi connectivity index (χ1n) is 6.75. The van der Waals surface area contributed by atoms with Crippen molar-refractivity contribution in [2.75, 3.05) is 29.5 Å². The van der Waals surface area contributed by atoms with Gasteiger partial charge in [-0.25, -0.2) is 12.7 Å². The Balaban J connectivity index is 2.22. The van der Waals surface area contributed by atoms with Gasteiger partial charge in [-0.1, -0.05) is 16.8 Å². The Labute approximate surface area is 144 Å². The molecule has 0 atom stereocenters. The van der Waals surface area contributed by atoms with Gasteiger partial charge in [-0.2, -0.15) is 0 Å². The number of aryl methyl sites for hydroxylation is 1. The minimum absolute atomic E-state index is 0.0307. The third-order valence-corrected chi connectivity index (χ3v) is 4.35. The molecule has 8 nitrogen and oxygen atoms in total. The Kier molecular flexibility index (Phi) is 5.35. The molecule has 1 heterocycles. The number of amides is 1. The molecule has 1 amide bonds. The van der Waals surface area contributed by atoms with Gasteiger partial charge in [0, 0.05) is 11.1 Å². The second kappa shape index (κ2) is 7.10. The second-order valence-electron chi connectivity index (χ2n) is 4.96. The summed E-state index contributed by atoms with van der Waals surface area (Å²) in [5.74, 6) is 0.274. The normalized spacial score (nSPS) is 11.2. The number of carbonyl (C=O) groups excluding carboxylic acids is 1. The molecule has 0 aliphatic rings. The average molecular weight is 374 g/mol. The van der Waals surface area contributed by atoms with Crippen LogP contribution < -0.4 is 14.4 Å². The number of halogens is 1. The summed E-state index contributed by atoms with van der Waals surface area (Å²) < 4.78 is 34.7. The van der Waals surface area contributed by atoms with E-state index in [4.69, 9.17) is 20.9 Å². The Bertz CT molecular complexity index is 850. The molecule has 0 radical (unpaired) electrons. The monoisotopic (exact) mass is 373 g/mol. The van der Waals surface area contributed by atoms with Crippen LogP contribution in [0.15, 0.2) is 28.8 Å².